The quantitative estimate of drug-likeness (QED) is 0.772. The van der Waals surface area contributed by atoms with Gasteiger partial charge in [0.15, 0.2) is 0 Å². The molecule has 1 aromatic heterocycles. The van der Waals surface area contributed by atoms with E-state index in [1.807, 2.05) is 6.92 Å². The molecule has 2 rings (SSSR count). The number of aryl methyl sites for hydroxylation is 1. The highest BCUT2D eigenvalue weighted by Gasteiger charge is 2.20. The Labute approximate surface area is 84.6 Å². The zero-order valence-corrected chi connectivity index (χ0v) is 8.71. The molecule has 3 heteroatoms. The zero-order valence-electron chi connectivity index (χ0n) is 8.71. The maximum atomic E-state index is 8.86. The number of aliphatic hydroxyl groups excluding tert-OH is 1. The SMILES string of the molecule is Cc1[nH]c(C2CCCC2)nc1CCO. The van der Waals surface area contributed by atoms with Gasteiger partial charge in [-0.15, -0.1) is 0 Å². The van der Waals surface area contributed by atoms with Crippen LogP contribution in [0.5, 0.6) is 0 Å². The van der Waals surface area contributed by atoms with Crippen LogP contribution in [-0.2, 0) is 6.42 Å². The lowest BCUT2D eigenvalue weighted by Gasteiger charge is -2.02. The molecule has 1 aliphatic rings. The van der Waals surface area contributed by atoms with Crippen LogP contribution in [-0.4, -0.2) is 21.7 Å². The van der Waals surface area contributed by atoms with Crippen molar-refractivity contribution in [2.45, 2.75) is 44.9 Å². The highest BCUT2D eigenvalue weighted by Crippen LogP contribution is 2.32. The molecule has 3 nitrogen and oxygen atoms in total. The number of nitrogens with one attached hydrogen (secondary N) is 1. The van der Waals surface area contributed by atoms with Crippen LogP contribution in [0, 0.1) is 6.92 Å². The summed E-state index contributed by atoms with van der Waals surface area (Å²) in [7, 11) is 0. The monoisotopic (exact) mass is 194 g/mol. The van der Waals surface area contributed by atoms with Gasteiger partial charge in [-0.1, -0.05) is 12.8 Å². The van der Waals surface area contributed by atoms with Crippen LogP contribution in [0.15, 0.2) is 0 Å². The van der Waals surface area contributed by atoms with Gasteiger partial charge in [0.05, 0.1) is 5.69 Å². The summed E-state index contributed by atoms with van der Waals surface area (Å²) in [4.78, 5) is 7.92. The fourth-order valence-corrected chi connectivity index (χ4v) is 2.26. The average molecular weight is 194 g/mol. The predicted molar refractivity (Wildman–Crippen MR) is 55.3 cm³/mol. The minimum absolute atomic E-state index is 0.190. The van der Waals surface area contributed by atoms with Crippen LogP contribution in [0.3, 0.4) is 0 Å². The Hall–Kier alpha value is -0.830. The first-order valence-electron chi connectivity index (χ1n) is 5.47. The van der Waals surface area contributed by atoms with Crippen molar-refractivity contribution in [3.63, 3.8) is 0 Å². The summed E-state index contributed by atoms with van der Waals surface area (Å²) in [5.74, 6) is 1.78. The van der Waals surface area contributed by atoms with Crippen molar-refractivity contribution in [2.75, 3.05) is 6.61 Å². The molecule has 0 bridgehead atoms. The molecule has 0 saturated heterocycles. The number of hydrogen-bond donors (Lipinski definition) is 2. The molecule has 1 fully saturated rings. The number of hydrogen-bond acceptors (Lipinski definition) is 2. The molecule has 1 saturated carbocycles. The van der Waals surface area contributed by atoms with Crippen LogP contribution in [0.1, 0.15) is 48.8 Å². The van der Waals surface area contributed by atoms with Crippen LogP contribution in [0.4, 0.5) is 0 Å². The molecule has 0 spiro atoms. The second-order valence-corrected chi connectivity index (χ2v) is 4.15. The molecular weight excluding hydrogens is 176 g/mol. The number of aliphatic hydroxyl groups is 1. The van der Waals surface area contributed by atoms with Crippen molar-refractivity contribution in [3.05, 3.63) is 17.2 Å². The van der Waals surface area contributed by atoms with Crippen molar-refractivity contribution in [1.29, 1.82) is 0 Å². The molecule has 0 radical (unpaired) electrons. The van der Waals surface area contributed by atoms with Crippen molar-refractivity contribution in [3.8, 4) is 0 Å². The lowest BCUT2D eigenvalue weighted by atomic mass is 10.1. The van der Waals surface area contributed by atoms with Crippen molar-refractivity contribution in [1.82, 2.24) is 9.97 Å². The number of imidazole rings is 1. The molecule has 2 N–H and O–H groups in total. The third kappa shape index (κ3) is 1.82. The fourth-order valence-electron chi connectivity index (χ4n) is 2.26. The highest BCUT2D eigenvalue weighted by atomic mass is 16.3. The number of H-pyrrole nitrogens is 1. The molecule has 0 atom stereocenters. The molecular formula is C11H18N2O. The molecule has 0 aliphatic heterocycles. The molecule has 1 heterocycles. The Bertz CT molecular complexity index is 300. The predicted octanol–water partition coefficient (Wildman–Crippen LogP) is 1.91. The largest absolute Gasteiger partial charge is 0.396 e. The Morgan fingerprint density at radius 2 is 2.14 bits per heavy atom. The van der Waals surface area contributed by atoms with Crippen LogP contribution in [0.25, 0.3) is 0 Å². The van der Waals surface area contributed by atoms with Crippen molar-refractivity contribution < 1.29 is 5.11 Å². The van der Waals surface area contributed by atoms with Gasteiger partial charge in [-0.05, 0) is 19.8 Å². The van der Waals surface area contributed by atoms with E-state index in [0.29, 0.717) is 12.3 Å². The van der Waals surface area contributed by atoms with E-state index in [1.54, 1.807) is 0 Å². The molecule has 1 aliphatic carbocycles. The molecule has 14 heavy (non-hydrogen) atoms. The van der Waals surface area contributed by atoms with Gasteiger partial charge >= 0.3 is 0 Å². The lowest BCUT2D eigenvalue weighted by Crippen LogP contribution is -1.96. The summed E-state index contributed by atoms with van der Waals surface area (Å²) in [5, 5.41) is 8.86. The summed E-state index contributed by atoms with van der Waals surface area (Å²) >= 11 is 0. The normalized spacial score (nSPS) is 17.9. The van der Waals surface area contributed by atoms with Gasteiger partial charge in [0.25, 0.3) is 0 Å². The van der Waals surface area contributed by atoms with E-state index in [2.05, 4.69) is 9.97 Å². The maximum Gasteiger partial charge on any atom is 0.109 e. The minimum Gasteiger partial charge on any atom is -0.396 e. The van der Waals surface area contributed by atoms with Gasteiger partial charge in [-0.25, -0.2) is 4.98 Å². The average Bonchev–Trinajstić information content (AvgIpc) is 2.76. The van der Waals surface area contributed by atoms with Crippen molar-refractivity contribution >= 4 is 0 Å². The van der Waals surface area contributed by atoms with E-state index in [-0.39, 0.29) is 6.61 Å². The number of nitrogens with zero attached hydrogens (tertiary/aromatic N) is 1. The van der Waals surface area contributed by atoms with E-state index >= 15 is 0 Å². The van der Waals surface area contributed by atoms with E-state index in [4.69, 9.17) is 5.11 Å². The standard InChI is InChI=1S/C11H18N2O/c1-8-10(6-7-14)13-11(12-8)9-4-2-3-5-9/h9,14H,2-7H2,1H3,(H,12,13). The second kappa shape index (κ2) is 4.13. The third-order valence-electron chi connectivity index (χ3n) is 3.09. The summed E-state index contributed by atoms with van der Waals surface area (Å²) in [5.41, 5.74) is 2.16. The van der Waals surface area contributed by atoms with Gasteiger partial charge in [-0.3, -0.25) is 0 Å². The highest BCUT2D eigenvalue weighted by molar-refractivity contribution is 5.16. The fraction of sp³-hybridized carbons (Fsp3) is 0.727. The molecule has 0 aromatic carbocycles. The molecule has 0 amide bonds. The van der Waals surface area contributed by atoms with Crippen LogP contribution >= 0.6 is 0 Å². The summed E-state index contributed by atoms with van der Waals surface area (Å²) in [6.45, 7) is 2.23. The van der Waals surface area contributed by atoms with E-state index in [1.165, 1.54) is 25.7 Å². The smallest absolute Gasteiger partial charge is 0.109 e. The summed E-state index contributed by atoms with van der Waals surface area (Å²) in [6, 6.07) is 0. The lowest BCUT2D eigenvalue weighted by molar-refractivity contribution is 0.298. The van der Waals surface area contributed by atoms with Crippen LogP contribution < -0.4 is 0 Å². The van der Waals surface area contributed by atoms with E-state index in [0.717, 1.165) is 17.2 Å². The van der Waals surface area contributed by atoms with Crippen molar-refractivity contribution in [2.24, 2.45) is 0 Å². The summed E-state index contributed by atoms with van der Waals surface area (Å²) in [6.07, 6.45) is 5.88. The second-order valence-electron chi connectivity index (χ2n) is 4.15. The van der Waals surface area contributed by atoms with E-state index in [9.17, 15) is 0 Å². The zero-order chi connectivity index (χ0) is 9.97. The third-order valence-corrected chi connectivity index (χ3v) is 3.09. The minimum atomic E-state index is 0.190. The van der Waals surface area contributed by atoms with E-state index < -0.39 is 0 Å². The maximum absolute atomic E-state index is 8.86. The Kier molecular flexibility index (Phi) is 2.87. The first-order valence-corrected chi connectivity index (χ1v) is 5.47. The first kappa shape index (κ1) is 9.71. The number of aromatic amines is 1. The molecule has 0 unspecified atom stereocenters. The topological polar surface area (TPSA) is 48.9 Å². The molecule has 1 aromatic rings. The van der Waals surface area contributed by atoms with Gasteiger partial charge in [-0.2, -0.15) is 0 Å². The number of rotatable bonds is 3. The Morgan fingerprint density at radius 3 is 2.79 bits per heavy atom. The summed E-state index contributed by atoms with van der Waals surface area (Å²) < 4.78 is 0. The number of aromatic nitrogens is 2. The van der Waals surface area contributed by atoms with Gasteiger partial charge in [0.2, 0.25) is 0 Å². The van der Waals surface area contributed by atoms with Crippen LogP contribution in [0.2, 0.25) is 0 Å². The Morgan fingerprint density at radius 1 is 1.43 bits per heavy atom. The molecule has 78 valence electrons. The van der Waals surface area contributed by atoms with Gasteiger partial charge < -0.3 is 10.1 Å². The Balaban J connectivity index is 2.14. The van der Waals surface area contributed by atoms with Gasteiger partial charge in [0, 0.05) is 24.6 Å². The van der Waals surface area contributed by atoms with Gasteiger partial charge in [0.1, 0.15) is 5.82 Å². The first-order chi connectivity index (χ1) is 6.81.